The van der Waals surface area contributed by atoms with Gasteiger partial charge in [-0.25, -0.2) is 21.6 Å². The summed E-state index contributed by atoms with van der Waals surface area (Å²) < 4.78 is 54.6. The lowest BCUT2D eigenvalue weighted by Gasteiger charge is -2.29. The lowest BCUT2D eigenvalue weighted by molar-refractivity contribution is 0.0954. The van der Waals surface area contributed by atoms with Crippen LogP contribution in [0.2, 0.25) is 0 Å². The number of benzene rings is 2. The molecule has 1 amide bonds. The lowest BCUT2D eigenvalue weighted by Crippen LogP contribution is -2.37. The molecule has 33 heavy (non-hydrogen) atoms. The minimum absolute atomic E-state index is 0.0291. The third-order valence-corrected chi connectivity index (χ3v) is 9.35. The molecule has 0 aliphatic carbocycles. The Morgan fingerprint density at radius 1 is 0.970 bits per heavy atom. The third kappa shape index (κ3) is 6.20. The summed E-state index contributed by atoms with van der Waals surface area (Å²) in [6, 6.07) is 11.0. The molecule has 10 heteroatoms. The van der Waals surface area contributed by atoms with E-state index in [1.807, 2.05) is 13.0 Å². The fourth-order valence-corrected chi connectivity index (χ4v) is 6.52. The highest BCUT2D eigenvalue weighted by molar-refractivity contribution is 7.89. The minimum atomic E-state index is -3.68. The first kappa shape index (κ1) is 25.4. The second-order valence-electron chi connectivity index (χ2n) is 8.53. The fraction of sp³-hybridized carbons (Fsp3) is 0.435. The highest BCUT2D eigenvalue weighted by Crippen LogP contribution is 2.23. The molecule has 1 heterocycles. The van der Waals surface area contributed by atoms with Gasteiger partial charge >= 0.3 is 0 Å². The number of piperidine rings is 1. The molecule has 1 fully saturated rings. The second-order valence-corrected chi connectivity index (χ2v) is 12.2. The zero-order valence-electron chi connectivity index (χ0n) is 19.2. The van der Waals surface area contributed by atoms with Crippen molar-refractivity contribution in [1.82, 2.24) is 14.3 Å². The Labute approximate surface area is 196 Å². The molecular formula is C23H31N3O5S2. The SMILES string of the molecule is Cc1ccc(C)c(S(=O)(=O)NCCNC(=O)c2ccc(S(=O)(=O)N3CCC(C)CC3)cc2)c1. The number of aryl methyl sites for hydroxylation is 2. The van der Waals surface area contributed by atoms with E-state index in [9.17, 15) is 21.6 Å². The summed E-state index contributed by atoms with van der Waals surface area (Å²) in [5.41, 5.74) is 1.79. The molecule has 1 aliphatic rings. The molecule has 2 aromatic carbocycles. The van der Waals surface area contributed by atoms with Crippen molar-refractivity contribution in [1.29, 1.82) is 0 Å². The number of rotatable bonds is 8. The average molecular weight is 494 g/mol. The highest BCUT2D eigenvalue weighted by Gasteiger charge is 2.28. The van der Waals surface area contributed by atoms with E-state index in [2.05, 4.69) is 17.0 Å². The number of sulfonamides is 2. The van der Waals surface area contributed by atoms with E-state index in [4.69, 9.17) is 0 Å². The van der Waals surface area contributed by atoms with Gasteiger partial charge in [-0.2, -0.15) is 4.31 Å². The first-order valence-corrected chi connectivity index (χ1v) is 13.9. The van der Waals surface area contributed by atoms with E-state index in [0.717, 1.165) is 18.4 Å². The molecule has 0 spiro atoms. The summed E-state index contributed by atoms with van der Waals surface area (Å²) in [6.45, 7) is 6.79. The van der Waals surface area contributed by atoms with Crippen molar-refractivity contribution in [3.05, 3.63) is 59.2 Å². The first-order chi connectivity index (χ1) is 15.5. The van der Waals surface area contributed by atoms with E-state index in [1.54, 1.807) is 19.1 Å². The highest BCUT2D eigenvalue weighted by atomic mass is 32.2. The molecule has 0 unspecified atom stereocenters. The van der Waals surface area contributed by atoms with Crippen molar-refractivity contribution in [2.24, 2.45) is 5.92 Å². The predicted molar refractivity (Wildman–Crippen MR) is 127 cm³/mol. The number of nitrogens with one attached hydrogen (secondary N) is 2. The molecule has 0 aromatic heterocycles. The predicted octanol–water partition coefficient (Wildman–Crippen LogP) is 2.43. The fourth-order valence-electron chi connectivity index (χ4n) is 3.69. The van der Waals surface area contributed by atoms with Gasteiger partial charge in [-0.3, -0.25) is 4.79 Å². The molecular weight excluding hydrogens is 462 g/mol. The van der Waals surface area contributed by atoms with Gasteiger partial charge in [-0.15, -0.1) is 0 Å². The molecule has 0 radical (unpaired) electrons. The maximum atomic E-state index is 12.8. The number of amides is 1. The monoisotopic (exact) mass is 493 g/mol. The van der Waals surface area contributed by atoms with Gasteiger partial charge in [-0.05, 0) is 74.1 Å². The number of hydrogen-bond donors (Lipinski definition) is 2. The smallest absolute Gasteiger partial charge is 0.251 e. The van der Waals surface area contributed by atoms with E-state index in [1.165, 1.54) is 28.6 Å². The van der Waals surface area contributed by atoms with Crippen LogP contribution in [0.5, 0.6) is 0 Å². The Morgan fingerprint density at radius 3 is 2.24 bits per heavy atom. The van der Waals surface area contributed by atoms with Gasteiger partial charge in [0.15, 0.2) is 0 Å². The molecule has 1 saturated heterocycles. The molecule has 0 saturated carbocycles. The van der Waals surface area contributed by atoms with Crippen LogP contribution in [0.3, 0.4) is 0 Å². The molecule has 0 bridgehead atoms. The quantitative estimate of drug-likeness (QED) is 0.549. The van der Waals surface area contributed by atoms with Crippen LogP contribution in [0.25, 0.3) is 0 Å². The van der Waals surface area contributed by atoms with Crippen LogP contribution in [0.4, 0.5) is 0 Å². The molecule has 2 N–H and O–H groups in total. The Balaban J connectivity index is 1.54. The first-order valence-electron chi connectivity index (χ1n) is 11.0. The molecule has 1 aliphatic heterocycles. The maximum absolute atomic E-state index is 12.8. The van der Waals surface area contributed by atoms with Gasteiger partial charge in [0.2, 0.25) is 20.0 Å². The Morgan fingerprint density at radius 2 is 1.61 bits per heavy atom. The third-order valence-electron chi connectivity index (χ3n) is 5.83. The molecule has 180 valence electrons. The van der Waals surface area contributed by atoms with Crippen molar-refractivity contribution in [3.8, 4) is 0 Å². The van der Waals surface area contributed by atoms with Crippen LogP contribution in [0.15, 0.2) is 52.3 Å². The summed E-state index contributed by atoms with van der Waals surface area (Å²) in [5, 5.41) is 2.65. The molecule has 8 nitrogen and oxygen atoms in total. The Hall–Kier alpha value is -2.27. The Kier molecular flexibility index (Phi) is 7.94. The van der Waals surface area contributed by atoms with Crippen LogP contribution in [0.1, 0.15) is 41.3 Å². The van der Waals surface area contributed by atoms with Gasteiger partial charge in [0.1, 0.15) is 0 Å². The van der Waals surface area contributed by atoms with Gasteiger partial charge in [-0.1, -0.05) is 19.1 Å². The van der Waals surface area contributed by atoms with E-state index >= 15 is 0 Å². The van der Waals surface area contributed by atoms with Crippen LogP contribution in [-0.2, 0) is 20.0 Å². The largest absolute Gasteiger partial charge is 0.351 e. The van der Waals surface area contributed by atoms with Crippen LogP contribution in [0, 0.1) is 19.8 Å². The van der Waals surface area contributed by atoms with Gasteiger partial charge in [0.25, 0.3) is 5.91 Å². The standard InChI is InChI=1S/C23H31N3O5S2/c1-17-10-14-26(15-11-17)33(30,31)21-8-6-20(7-9-21)23(27)24-12-13-25-32(28,29)22-16-18(2)4-5-19(22)3/h4-9,16-17,25H,10-15H2,1-3H3,(H,24,27). The summed E-state index contributed by atoms with van der Waals surface area (Å²) in [7, 11) is -7.26. The van der Waals surface area contributed by atoms with Gasteiger partial charge in [0.05, 0.1) is 9.79 Å². The molecule has 3 rings (SSSR count). The lowest BCUT2D eigenvalue weighted by atomic mass is 10.0. The van der Waals surface area contributed by atoms with Gasteiger partial charge < -0.3 is 5.32 Å². The maximum Gasteiger partial charge on any atom is 0.251 e. The minimum Gasteiger partial charge on any atom is -0.351 e. The normalized spacial score (nSPS) is 16.0. The topological polar surface area (TPSA) is 113 Å². The second kappa shape index (κ2) is 10.3. The van der Waals surface area contributed by atoms with Crippen LogP contribution in [-0.4, -0.2) is 53.2 Å². The van der Waals surface area contributed by atoms with E-state index in [0.29, 0.717) is 30.1 Å². The van der Waals surface area contributed by atoms with Crippen molar-refractivity contribution in [2.45, 2.75) is 43.4 Å². The zero-order valence-corrected chi connectivity index (χ0v) is 20.8. The average Bonchev–Trinajstić information content (AvgIpc) is 2.78. The molecule has 0 atom stereocenters. The van der Waals surface area contributed by atoms with E-state index in [-0.39, 0.29) is 22.9 Å². The van der Waals surface area contributed by atoms with Crippen molar-refractivity contribution in [2.75, 3.05) is 26.2 Å². The van der Waals surface area contributed by atoms with E-state index < -0.39 is 26.0 Å². The summed E-state index contributed by atoms with van der Waals surface area (Å²) in [4.78, 5) is 12.8. The zero-order chi connectivity index (χ0) is 24.2. The van der Waals surface area contributed by atoms with Crippen molar-refractivity contribution in [3.63, 3.8) is 0 Å². The Bertz CT molecular complexity index is 1200. The van der Waals surface area contributed by atoms with Crippen LogP contribution >= 0.6 is 0 Å². The number of nitrogens with zero attached hydrogens (tertiary/aromatic N) is 1. The summed E-state index contributed by atoms with van der Waals surface area (Å²) >= 11 is 0. The molecule has 2 aromatic rings. The van der Waals surface area contributed by atoms with Crippen LogP contribution < -0.4 is 10.0 Å². The summed E-state index contributed by atoms with van der Waals surface area (Å²) in [5.74, 6) is 0.115. The summed E-state index contributed by atoms with van der Waals surface area (Å²) in [6.07, 6.45) is 1.68. The number of carbonyl (C=O) groups is 1. The number of hydrogen-bond acceptors (Lipinski definition) is 5. The van der Waals surface area contributed by atoms with Crippen molar-refractivity contribution >= 4 is 26.0 Å². The van der Waals surface area contributed by atoms with Gasteiger partial charge in [0, 0.05) is 31.7 Å². The van der Waals surface area contributed by atoms with Crippen molar-refractivity contribution < 1.29 is 21.6 Å². The number of carbonyl (C=O) groups excluding carboxylic acids is 1.